The molecule has 176 valence electrons. The van der Waals surface area contributed by atoms with Crippen molar-refractivity contribution in [2.24, 2.45) is 29.6 Å². The van der Waals surface area contributed by atoms with Crippen molar-refractivity contribution in [2.45, 2.75) is 84.5 Å². The fraction of sp³-hybridized carbons (Fsp3) is 0.760. The first kappa shape index (κ1) is 25.6. The summed E-state index contributed by atoms with van der Waals surface area (Å²) in [5.41, 5.74) is 1.23. The molecule has 8 atom stereocenters. The predicted molar refractivity (Wildman–Crippen MR) is 119 cm³/mol. The highest BCUT2D eigenvalue weighted by molar-refractivity contribution is 5.72. The van der Waals surface area contributed by atoms with Crippen molar-refractivity contribution >= 4 is 11.9 Å². The van der Waals surface area contributed by atoms with Crippen LogP contribution in [0.2, 0.25) is 0 Å². The van der Waals surface area contributed by atoms with E-state index in [1.54, 1.807) is 0 Å². The fourth-order valence-corrected chi connectivity index (χ4v) is 4.83. The van der Waals surface area contributed by atoms with Gasteiger partial charge in [-0.1, -0.05) is 45.9 Å². The highest BCUT2D eigenvalue weighted by Gasteiger charge is 2.41. The Bertz CT molecular complexity index is 669. The summed E-state index contributed by atoms with van der Waals surface area (Å²) in [6.45, 7) is 8.22. The third-order valence-corrected chi connectivity index (χ3v) is 6.88. The number of ether oxygens (including phenoxy) is 2. The Balaban J connectivity index is 2.06. The van der Waals surface area contributed by atoms with Crippen LogP contribution in [0.3, 0.4) is 0 Å². The molecule has 2 N–H and O–H groups in total. The van der Waals surface area contributed by atoms with Crippen molar-refractivity contribution in [1.82, 2.24) is 0 Å². The quantitative estimate of drug-likeness (QED) is 0.506. The van der Waals surface area contributed by atoms with Gasteiger partial charge in [-0.25, -0.2) is 0 Å². The van der Waals surface area contributed by atoms with E-state index in [2.05, 4.69) is 36.8 Å². The topological polar surface area (TPSA) is 93.1 Å². The summed E-state index contributed by atoms with van der Waals surface area (Å²) in [7, 11) is 1.28. The van der Waals surface area contributed by atoms with Crippen molar-refractivity contribution in [2.75, 3.05) is 7.11 Å². The molecule has 8 unspecified atom stereocenters. The molecule has 2 rings (SSSR count). The summed E-state index contributed by atoms with van der Waals surface area (Å²) in [5.74, 6) is 0.280. The molecule has 31 heavy (non-hydrogen) atoms. The first-order chi connectivity index (χ1) is 14.7. The van der Waals surface area contributed by atoms with E-state index in [0.29, 0.717) is 18.3 Å². The number of hydrogen-bond donors (Lipinski definition) is 2. The van der Waals surface area contributed by atoms with E-state index >= 15 is 0 Å². The van der Waals surface area contributed by atoms with Gasteiger partial charge in [0.15, 0.2) is 0 Å². The third kappa shape index (κ3) is 7.18. The standard InChI is InChI=1S/C25H40O6/c1-6-16(3)25(29)31-22-12-15(2)11-18-8-7-17(4)21(24(18)22)10-9-19(26)13-20(27)14-23(28)30-5/h7-8,11,15-17,19-22,24,26-27H,6,9-10,12-14H2,1-5H3. The minimum absolute atomic E-state index is 0.113. The average molecular weight is 437 g/mol. The van der Waals surface area contributed by atoms with Gasteiger partial charge < -0.3 is 19.7 Å². The van der Waals surface area contributed by atoms with Gasteiger partial charge in [-0.3, -0.25) is 9.59 Å². The number of allylic oxidation sites excluding steroid dienone is 3. The molecule has 0 aliphatic heterocycles. The molecule has 0 heterocycles. The second-order valence-corrected chi connectivity index (χ2v) is 9.47. The minimum Gasteiger partial charge on any atom is -0.469 e. The molecule has 0 bridgehead atoms. The number of fused-ring (bicyclic) bond motifs is 1. The van der Waals surface area contributed by atoms with Crippen LogP contribution in [0, 0.1) is 29.6 Å². The lowest BCUT2D eigenvalue weighted by molar-refractivity contribution is -0.158. The predicted octanol–water partition coefficient (Wildman–Crippen LogP) is 3.80. The molecule has 2 aliphatic rings. The average Bonchev–Trinajstić information content (AvgIpc) is 2.72. The molecule has 2 aliphatic carbocycles. The van der Waals surface area contributed by atoms with Crippen molar-refractivity contribution in [3.63, 3.8) is 0 Å². The monoisotopic (exact) mass is 436 g/mol. The van der Waals surface area contributed by atoms with Crippen LogP contribution in [0.4, 0.5) is 0 Å². The largest absolute Gasteiger partial charge is 0.469 e. The second kappa shape index (κ2) is 11.8. The Morgan fingerprint density at radius 1 is 1.23 bits per heavy atom. The van der Waals surface area contributed by atoms with Crippen LogP contribution in [0.1, 0.15) is 66.2 Å². The van der Waals surface area contributed by atoms with Crippen LogP contribution < -0.4 is 0 Å². The number of carbonyl (C=O) groups is 2. The molecule has 0 aromatic rings. The van der Waals surface area contributed by atoms with Gasteiger partial charge in [0.2, 0.25) is 0 Å². The zero-order chi connectivity index (χ0) is 23.1. The number of aliphatic hydroxyl groups is 2. The molecule has 0 amide bonds. The van der Waals surface area contributed by atoms with Crippen LogP contribution in [-0.2, 0) is 19.1 Å². The molecule has 0 aromatic heterocycles. The Kier molecular flexibility index (Phi) is 9.76. The van der Waals surface area contributed by atoms with Crippen LogP contribution in [0.15, 0.2) is 23.8 Å². The fourth-order valence-electron chi connectivity index (χ4n) is 4.83. The number of carbonyl (C=O) groups excluding carboxylic acids is 2. The summed E-state index contributed by atoms with van der Waals surface area (Å²) >= 11 is 0. The summed E-state index contributed by atoms with van der Waals surface area (Å²) < 4.78 is 10.6. The van der Waals surface area contributed by atoms with Crippen molar-refractivity contribution in [1.29, 1.82) is 0 Å². The maximum Gasteiger partial charge on any atom is 0.308 e. The van der Waals surface area contributed by atoms with Gasteiger partial charge in [0.25, 0.3) is 0 Å². The van der Waals surface area contributed by atoms with Crippen molar-refractivity contribution in [3.8, 4) is 0 Å². The molecule has 6 nitrogen and oxygen atoms in total. The molecular formula is C25H40O6. The van der Waals surface area contributed by atoms with Gasteiger partial charge in [0, 0.05) is 5.92 Å². The Labute approximate surface area is 186 Å². The summed E-state index contributed by atoms with van der Waals surface area (Å²) in [4.78, 5) is 23.9. The highest BCUT2D eigenvalue weighted by Crippen LogP contribution is 2.45. The minimum atomic E-state index is -0.915. The van der Waals surface area contributed by atoms with E-state index in [1.807, 2.05) is 13.8 Å². The Morgan fingerprint density at radius 2 is 1.94 bits per heavy atom. The summed E-state index contributed by atoms with van der Waals surface area (Å²) in [6.07, 6.45) is 7.76. The van der Waals surface area contributed by atoms with E-state index in [4.69, 9.17) is 4.74 Å². The maximum atomic E-state index is 12.5. The van der Waals surface area contributed by atoms with Gasteiger partial charge >= 0.3 is 11.9 Å². The number of rotatable bonds is 10. The summed E-state index contributed by atoms with van der Waals surface area (Å²) in [5, 5.41) is 20.5. The first-order valence-corrected chi connectivity index (χ1v) is 11.7. The van der Waals surface area contributed by atoms with Crippen LogP contribution in [-0.4, -0.2) is 47.6 Å². The van der Waals surface area contributed by atoms with E-state index < -0.39 is 18.2 Å². The van der Waals surface area contributed by atoms with Crippen molar-refractivity contribution in [3.05, 3.63) is 23.8 Å². The molecule has 0 spiro atoms. The SMILES string of the molecule is CCC(C)C(=O)OC1CC(C)C=C2C=CC(C)C(CCC(O)CC(O)CC(=O)OC)C21. The van der Waals surface area contributed by atoms with E-state index in [1.165, 1.54) is 12.7 Å². The van der Waals surface area contributed by atoms with E-state index in [-0.39, 0.29) is 42.7 Å². The number of methoxy groups -OCH3 is 1. The zero-order valence-corrected chi connectivity index (χ0v) is 19.6. The molecule has 0 radical (unpaired) electrons. The second-order valence-electron chi connectivity index (χ2n) is 9.47. The molecule has 0 saturated carbocycles. The highest BCUT2D eigenvalue weighted by atomic mass is 16.5. The number of aliphatic hydroxyl groups excluding tert-OH is 2. The van der Waals surface area contributed by atoms with Crippen LogP contribution >= 0.6 is 0 Å². The van der Waals surface area contributed by atoms with E-state index in [9.17, 15) is 19.8 Å². The zero-order valence-electron chi connectivity index (χ0n) is 19.6. The lowest BCUT2D eigenvalue weighted by atomic mass is 9.65. The Hall–Kier alpha value is -1.66. The Morgan fingerprint density at radius 3 is 2.58 bits per heavy atom. The van der Waals surface area contributed by atoms with Gasteiger partial charge in [0.1, 0.15) is 6.10 Å². The normalized spacial score (nSPS) is 30.5. The number of esters is 2. The van der Waals surface area contributed by atoms with E-state index in [0.717, 1.165) is 19.3 Å². The molecule has 0 aromatic carbocycles. The molecule has 0 fully saturated rings. The maximum absolute atomic E-state index is 12.5. The lowest BCUT2D eigenvalue weighted by Crippen LogP contribution is -2.41. The number of hydrogen-bond acceptors (Lipinski definition) is 6. The summed E-state index contributed by atoms with van der Waals surface area (Å²) in [6, 6.07) is 0. The molecular weight excluding hydrogens is 396 g/mol. The molecule has 0 saturated heterocycles. The van der Waals surface area contributed by atoms with Gasteiger partial charge in [-0.15, -0.1) is 0 Å². The van der Waals surface area contributed by atoms with Gasteiger partial charge in [0.05, 0.1) is 31.7 Å². The van der Waals surface area contributed by atoms with Gasteiger partial charge in [-0.2, -0.15) is 0 Å². The van der Waals surface area contributed by atoms with Crippen LogP contribution in [0.25, 0.3) is 0 Å². The van der Waals surface area contributed by atoms with Crippen LogP contribution in [0.5, 0.6) is 0 Å². The van der Waals surface area contributed by atoms with Crippen molar-refractivity contribution < 1.29 is 29.3 Å². The first-order valence-electron chi connectivity index (χ1n) is 11.7. The van der Waals surface area contributed by atoms with Gasteiger partial charge in [-0.05, 0) is 55.4 Å². The third-order valence-electron chi connectivity index (χ3n) is 6.88. The lowest BCUT2D eigenvalue weighted by Gasteiger charge is -2.43. The molecule has 6 heteroatoms. The smallest absolute Gasteiger partial charge is 0.308 e.